The summed E-state index contributed by atoms with van der Waals surface area (Å²) in [6.45, 7) is 5.87. The Morgan fingerprint density at radius 2 is 2.21 bits per heavy atom. The first-order chi connectivity index (χ1) is 9.20. The molecule has 0 aliphatic carbocycles. The highest BCUT2D eigenvalue weighted by Crippen LogP contribution is 2.16. The van der Waals surface area contributed by atoms with Crippen LogP contribution in [-0.2, 0) is 6.54 Å². The summed E-state index contributed by atoms with van der Waals surface area (Å²) in [6, 6.07) is 1.93. The lowest BCUT2D eigenvalue weighted by Gasteiger charge is -2.34. The van der Waals surface area contributed by atoms with Gasteiger partial charge in [-0.3, -0.25) is 9.69 Å². The molecule has 1 fully saturated rings. The molecular formula is C14H22N2O3. The van der Waals surface area contributed by atoms with Crippen LogP contribution in [-0.4, -0.2) is 35.7 Å². The van der Waals surface area contributed by atoms with E-state index in [1.54, 1.807) is 0 Å². The van der Waals surface area contributed by atoms with Gasteiger partial charge in [0.1, 0.15) is 12.0 Å². The number of nitrogens with zero attached hydrogens (tertiary/aromatic N) is 1. The largest absolute Gasteiger partial charge is 0.502 e. The van der Waals surface area contributed by atoms with Crippen molar-refractivity contribution in [1.29, 1.82) is 0 Å². The summed E-state index contributed by atoms with van der Waals surface area (Å²) in [5, 5.41) is 12.6. The van der Waals surface area contributed by atoms with Crippen molar-refractivity contribution in [2.45, 2.75) is 38.8 Å². The van der Waals surface area contributed by atoms with Gasteiger partial charge in [-0.15, -0.1) is 0 Å². The average molecular weight is 266 g/mol. The van der Waals surface area contributed by atoms with E-state index >= 15 is 0 Å². The number of hydrogen-bond acceptors (Lipinski definition) is 5. The lowest BCUT2D eigenvalue weighted by Crippen LogP contribution is -2.43. The van der Waals surface area contributed by atoms with Crippen LogP contribution in [0.1, 0.15) is 31.9 Å². The van der Waals surface area contributed by atoms with Gasteiger partial charge in [0.25, 0.3) is 0 Å². The Labute approximate surface area is 113 Å². The molecular weight excluding hydrogens is 244 g/mol. The van der Waals surface area contributed by atoms with Crippen LogP contribution >= 0.6 is 0 Å². The molecule has 0 atom stereocenters. The predicted octanol–water partition coefficient (Wildman–Crippen LogP) is 1.31. The van der Waals surface area contributed by atoms with Crippen molar-refractivity contribution < 1.29 is 9.52 Å². The maximum absolute atomic E-state index is 11.4. The van der Waals surface area contributed by atoms with E-state index in [-0.39, 0.29) is 11.2 Å². The van der Waals surface area contributed by atoms with Crippen LogP contribution in [0, 0.1) is 0 Å². The van der Waals surface area contributed by atoms with Crippen molar-refractivity contribution in [2.24, 2.45) is 0 Å². The minimum absolute atomic E-state index is 0.326. The number of nitrogens with one attached hydrogen (secondary N) is 1. The standard InChI is InChI=1S/C14H22N2O3/c1-2-7-16(11-3-5-15-6-4-11)9-12-8-13(17)14(18)10-19-12/h8,10-11,15,18H,2-7,9H2,1H3. The van der Waals surface area contributed by atoms with Crippen LogP contribution in [0.2, 0.25) is 0 Å². The van der Waals surface area contributed by atoms with Gasteiger partial charge in [0.2, 0.25) is 5.43 Å². The van der Waals surface area contributed by atoms with Gasteiger partial charge >= 0.3 is 0 Å². The van der Waals surface area contributed by atoms with Crippen LogP contribution in [0.3, 0.4) is 0 Å². The second kappa shape index (κ2) is 6.73. The van der Waals surface area contributed by atoms with E-state index in [9.17, 15) is 9.90 Å². The van der Waals surface area contributed by atoms with E-state index in [0.717, 1.165) is 45.2 Å². The van der Waals surface area contributed by atoms with Gasteiger partial charge < -0.3 is 14.8 Å². The van der Waals surface area contributed by atoms with Gasteiger partial charge in [-0.2, -0.15) is 0 Å². The van der Waals surface area contributed by atoms with E-state index in [2.05, 4.69) is 17.1 Å². The third-order valence-corrected chi connectivity index (χ3v) is 3.56. The highest BCUT2D eigenvalue weighted by Gasteiger charge is 2.21. The molecule has 0 radical (unpaired) electrons. The number of piperidine rings is 1. The molecule has 5 nitrogen and oxygen atoms in total. The zero-order valence-electron chi connectivity index (χ0n) is 11.4. The number of aromatic hydroxyl groups is 1. The minimum Gasteiger partial charge on any atom is -0.502 e. The summed E-state index contributed by atoms with van der Waals surface area (Å²) in [5.41, 5.74) is -0.372. The molecule has 2 heterocycles. The minimum atomic E-state index is -0.372. The van der Waals surface area contributed by atoms with Crippen LogP contribution < -0.4 is 10.7 Å². The Balaban J connectivity index is 2.06. The van der Waals surface area contributed by atoms with Gasteiger partial charge in [-0.05, 0) is 38.9 Å². The Bertz CT molecular complexity index is 452. The predicted molar refractivity (Wildman–Crippen MR) is 73.2 cm³/mol. The Morgan fingerprint density at radius 1 is 1.47 bits per heavy atom. The third kappa shape index (κ3) is 3.81. The highest BCUT2D eigenvalue weighted by atomic mass is 16.4. The zero-order valence-corrected chi connectivity index (χ0v) is 11.4. The second-order valence-electron chi connectivity index (χ2n) is 5.05. The molecule has 106 valence electrons. The van der Waals surface area contributed by atoms with E-state index in [4.69, 9.17) is 4.42 Å². The van der Waals surface area contributed by atoms with Gasteiger partial charge in [-0.1, -0.05) is 6.92 Å². The molecule has 5 heteroatoms. The van der Waals surface area contributed by atoms with Gasteiger partial charge in [-0.25, -0.2) is 0 Å². The average Bonchev–Trinajstić information content (AvgIpc) is 2.43. The van der Waals surface area contributed by atoms with Gasteiger partial charge in [0.05, 0.1) is 6.54 Å². The topological polar surface area (TPSA) is 65.7 Å². The number of rotatable bonds is 5. The molecule has 0 saturated carbocycles. The van der Waals surface area contributed by atoms with E-state index in [1.165, 1.54) is 6.07 Å². The molecule has 1 aliphatic rings. The van der Waals surface area contributed by atoms with E-state index in [0.29, 0.717) is 18.3 Å². The van der Waals surface area contributed by atoms with Crippen molar-refractivity contribution >= 4 is 0 Å². The van der Waals surface area contributed by atoms with E-state index < -0.39 is 0 Å². The monoisotopic (exact) mass is 266 g/mol. The molecule has 1 saturated heterocycles. The highest BCUT2D eigenvalue weighted by molar-refractivity contribution is 5.15. The summed E-state index contributed by atoms with van der Waals surface area (Å²) in [5.74, 6) is 0.294. The summed E-state index contributed by atoms with van der Waals surface area (Å²) < 4.78 is 5.30. The molecule has 19 heavy (non-hydrogen) atoms. The first-order valence-corrected chi connectivity index (χ1v) is 6.96. The maximum Gasteiger partial charge on any atom is 0.226 e. The summed E-state index contributed by atoms with van der Waals surface area (Å²) in [7, 11) is 0. The summed E-state index contributed by atoms with van der Waals surface area (Å²) in [6.07, 6.45) is 4.46. The molecule has 0 spiro atoms. The second-order valence-corrected chi connectivity index (χ2v) is 5.05. The van der Waals surface area contributed by atoms with Gasteiger partial charge in [0, 0.05) is 12.1 Å². The molecule has 0 amide bonds. The molecule has 0 unspecified atom stereocenters. The van der Waals surface area contributed by atoms with Gasteiger partial charge in [0.15, 0.2) is 5.75 Å². The SMILES string of the molecule is CCCN(Cc1cc(=O)c(O)co1)C1CCNCC1. The van der Waals surface area contributed by atoms with Crippen molar-refractivity contribution in [2.75, 3.05) is 19.6 Å². The van der Waals surface area contributed by atoms with Crippen molar-refractivity contribution in [1.82, 2.24) is 10.2 Å². The third-order valence-electron chi connectivity index (χ3n) is 3.56. The van der Waals surface area contributed by atoms with Crippen molar-refractivity contribution in [3.63, 3.8) is 0 Å². The molecule has 0 aromatic carbocycles. The van der Waals surface area contributed by atoms with Crippen LogP contribution in [0.25, 0.3) is 0 Å². The smallest absolute Gasteiger partial charge is 0.226 e. The fraction of sp³-hybridized carbons (Fsp3) is 0.643. The van der Waals surface area contributed by atoms with Crippen molar-refractivity contribution in [3.8, 4) is 5.75 Å². The Kier molecular flexibility index (Phi) is 4.99. The van der Waals surface area contributed by atoms with Crippen LogP contribution in [0.15, 0.2) is 21.5 Å². The van der Waals surface area contributed by atoms with Crippen molar-refractivity contribution in [3.05, 3.63) is 28.3 Å². The van der Waals surface area contributed by atoms with Crippen LogP contribution in [0.5, 0.6) is 5.75 Å². The molecule has 1 aromatic heterocycles. The molecule has 2 rings (SSSR count). The molecule has 2 N–H and O–H groups in total. The molecule has 1 aliphatic heterocycles. The first-order valence-electron chi connectivity index (χ1n) is 6.96. The lowest BCUT2D eigenvalue weighted by molar-refractivity contribution is 0.142. The number of hydrogen-bond donors (Lipinski definition) is 2. The Morgan fingerprint density at radius 3 is 2.84 bits per heavy atom. The first kappa shape index (κ1) is 14.1. The lowest BCUT2D eigenvalue weighted by atomic mass is 10.0. The Hall–Kier alpha value is -1.33. The summed E-state index contributed by atoms with van der Waals surface area (Å²) in [4.78, 5) is 13.8. The van der Waals surface area contributed by atoms with E-state index in [1.807, 2.05) is 0 Å². The summed E-state index contributed by atoms with van der Waals surface area (Å²) >= 11 is 0. The zero-order chi connectivity index (χ0) is 13.7. The molecule has 1 aromatic rings. The fourth-order valence-corrected chi connectivity index (χ4v) is 2.58. The van der Waals surface area contributed by atoms with Crippen LogP contribution in [0.4, 0.5) is 0 Å². The maximum atomic E-state index is 11.4. The normalized spacial score (nSPS) is 16.9. The fourth-order valence-electron chi connectivity index (χ4n) is 2.58. The quantitative estimate of drug-likeness (QED) is 0.841. The molecule has 0 bridgehead atoms.